The zero-order valence-electron chi connectivity index (χ0n) is 25.0. The van der Waals surface area contributed by atoms with Crippen LogP contribution in [0.4, 0.5) is 0 Å². The van der Waals surface area contributed by atoms with Crippen LogP contribution in [-0.2, 0) is 0 Å². The Labute approximate surface area is 229 Å². The normalized spacial score (nSPS) is 39.8. The van der Waals surface area contributed by atoms with Gasteiger partial charge in [-0.1, -0.05) is 78.0 Å². The molecule has 9 unspecified atom stereocenters. The third-order valence-electron chi connectivity index (χ3n) is 12.2. The zero-order valence-corrected chi connectivity index (χ0v) is 25.8. The molecule has 0 aromatic carbocycles. The van der Waals surface area contributed by atoms with Gasteiger partial charge in [0.1, 0.15) is 0 Å². The van der Waals surface area contributed by atoms with E-state index in [1.807, 2.05) is 24.6 Å². The molecule has 3 heteroatoms. The largest absolute Gasteiger partial charge is 0.320 e. The molecule has 36 heavy (non-hydrogen) atoms. The Bertz CT molecular complexity index is 733. The van der Waals surface area contributed by atoms with Gasteiger partial charge in [-0.15, -0.1) is 0 Å². The summed E-state index contributed by atoms with van der Waals surface area (Å²) in [5, 5.41) is 4.04. The highest BCUT2D eigenvalue weighted by Gasteiger charge is 2.59. The van der Waals surface area contributed by atoms with E-state index >= 15 is 0 Å². The first-order valence-electron chi connectivity index (χ1n) is 16.0. The van der Waals surface area contributed by atoms with E-state index in [1.165, 1.54) is 77.0 Å². The van der Waals surface area contributed by atoms with E-state index in [1.54, 1.807) is 0 Å². The smallest absolute Gasteiger partial charge is 0.0230 e. The summed E-state index contributed by atoms with van der Waals surface area (Å²) in [6, 6.07) is 0. The topological polar surface area (TPSA) is 24.1 Å². The fourth-order valence-electron chi connectivity index (χ4n) is 9.90. The van der Waals surface area contributed by atoms with Crippen LogP contribution in [0.25, 0.3) is 0 Å². The van der Waals surface area contributed by atoms with Crippen LogP contribution in [0.15, 0.2) is 11.6 Å². The van der Waals surface area contributed by atoms with E-state index in [9.17, 15) is 0 Å². The van der Waals surface area contributed by atoms with E-state index < -0.39 is 0 Å². The van der Waals surface area contributed by atoms with Gasteiger partial charge < -0.3 is 5.32 Å². The van der Waals surface area contributed by atoms with Crippen molar-refractivity contribution < 1.29 is 0 Å². The fraction of sp³-hybridized carbons (Fsp3) is 0.939. The second-order valence-corrected chi connectivity index (χ2v) is 15.5. The molecule has 2 nitrogen and oxygen atoms in total. The number of hydrogen-bond donors (Lipinski definition) is 2. The molecule has 0 amide bonds. The van der Waals surface area contributed by atoms with Gasteiger partial charge in [0.05, 0.1) is 0 Å². The molecule has 4 rings (SSSR count). The number of allylic oxidation sites excluding steroid dienone is 2. The zero-order chi connectivity index (χ0) is 25.9. The van der Waals surface area contributed by atoms with Gasteiger partial charge in [0.15, 0.2) is 0 Å². The fourth-order valence-corrected chi connectivity index (χ4v) is 10.9. The average Bonchev–Trinajstić information content (AvgIpc) is 3.21. The van der Waals surface area contributed by atoms with Crippen LogP contribution >= 0.6 is 11.9 Å². The lowest BCUT2D eigenvalue weighted by atomic mass is 9.47. The SMILES string of the molecule is CCC(CCC(C)C1CCC2C3CC=C4CC(SNCCCNC)CCC4(C)C3CCC12C)C(C)C. The second-order valence-electron chi connectivity index (χ2n) is 14.3. The predicted molar refractivity (Wildman–Crippen MR) is 160 cm³/mol. The molecule has 0 radical (unpaired) electrons. The summed E-state index contributed by atoms with van der Waals surface area (Å²) >= 11 is 2.04. The highest BCUT2D eigenvalue weighted by molar-refractivity contribution is 7.98. The summed E-state index contributed by atoms with van der Waals surface area (Å²) in [5.74, 6) is 6.52. The van der Waals surface area contributed by atoms with E-state index in [4.69, 9.17) is 0 Å². The summed E-state index contributed by atoms with van der Waals surface area (Å²) in [4.78, 5) is 0. The number of hydrogen-bond acceptors (Lipinski definition) is 3. The van der Waals surface area contributed by atoms with Gasteiger partial charge in [-0.2, -0.15) is 0 Å². The van der Waals surface area contributed by atoms with Crippen LogP contribution in [0.5, 0.6) is 0 Å². The van der Waals surface area contributed by atoms with E-state index in [0.717, 1.165) is 59.8 Å². The molecule has 0 heterocycles. The Hall–Kier alpha value is 0.01000. The Balaban J connectivity index is 1.37. The molecular formula is C33H60N2S. The first kappa shape index (κ1) is 29.0. The van der Waals surface area contributed by atoms with Crippen molar-refractivity contribution in [1.82, 2.24) is 10.0 Å². The quantitative estimate of drug-likeness (QED) is 0.154. The molecule has 9 atom stereocenters. The first-order chi connectivity index (χ1) is 17.2. The summed E-state index contributed by atoms with van der Waals surface area (Å²) in [5.41, 5.74) is 2.94. The molecule has 0 aromatic heterocycles. The van der Waals surface area contributed by atoms with Gasteiger partial charge in [0.25, 0.3) is 0 Å². The molecule has 3 saturated carbocycles. The maximum absolute atomic E-state index is 3.68. The van der Waals surface area contributed by atoms with Gasteiger partial charge in [-0.25, -0.2) is 0 Å². The lowest BCUT2D eigenvalue weighted by molar-refractivity contribution is -0.0500. The summed E-state index contributed by atoms with van der Waals surface area (Å²) in [7, 11) is 2.05. The highest BCUT2D eigenvalue weighted by atomic mass is 32.2. The predicted octanol–water partition coefficient (Wildman–Crippen LogP) is 8.88. The van der Waals surface area contributed by atoms with Gasteiger partial charge in [0, 0.05) is 11.8 Å². The molecule has 0 aliphatic heterocycles. The number of rotatable bonds is 12. The second kappa shape index (κ2) is 12.5. The minimum atomic E-state index is 0.489. The highest BCUT2D eigenvalue weighted by Crippen LogP contribution is 2.67. The molecule has 0 spiro atoms. The maximum atomic E-state index is 3.68. The third kappa shape index (κ3) is 5.79. The molecule has 0 saturated heterocycles. The maximum Gasteiger partial charge on any atom is 0.0230 e. The Morgan fingerprint density at radius 1 is 1.00 bits per heavy atom. The molecule has 2 N–H and O–H groups in total. The van der Waals surface area contributed by atoms with Crippen LogP contribution in [0, 0.1) is 52.3 Å². The van der Waals surface area contributed by atoms with Gasteiger partial charge in [-0.3, -0.25) is 4.72 Å². The van der Waals surface area contributed by atoms with Crippen molar-refractivity contribution >= 4 is 11.9 Å². The van der Waals surface area contributed by atoms with Crippen LogP contribution < -0.4 is 10.0 Å². The number of fused-ring (bicyclic) bond motifs is 5. The molecule has 0 bridgehead atoms. The van der Waals surface area contributed by atoms with E-state index in [-0.39, 0.29) is 0 Å². The first-order valence-corrected chi connectivity index (χ1v) is 16.8. The van der Waals surface area contributed by atoms with Crippen molar-refractivity contribution in [2.45, 2.75) is 124 Å². The van der Waals surface area contributed by atoms with Crippen LogP contribution in [-0.4, -0.2) is 25.4 Å². The molecule has 4 aliphatic rings. The van der Waals surface area contributed by atoms with E-state index in [2.05, 4.69) is 57.7 Å². The summed E-state index contributed by atoms with van der Waals surface area (Å²) in [6.45, 7) is 17.6. The lowest BCUT2D eigenvalue weighted by Gasteiger charge is -2.58. The van der Waals surface area contributed by atoms with Crippen molar-refractivity contribution in [2.75, 3.05) is 20.1 Å². The van der Waals surface area contributed by atoms with E-state index in [0.29, 0.717) is 10.8 Å². The van der Waals surface area contributed by atoms with Gasteiger partial charge in [0.2, 0.25) is 0 Å². The van der Waals surface area contributed by atoms with Crippen molar-refractivity contribution in [3.63, 3.8) is 0 Å². The Kier molecular flexibility index (Phi) is 10.0. The Morgan fingerprint density at radius 2 is 1.81 bits per heavy atom. The molecule has 3 fully saturated rings. The Morgan fingerprint density at radius 3 is 2.53 bits per heavy atom. The molecule has 208 valence electrons. The molecule has 4 aliphatic carbocycles. The van der Waals surface area contributed by atoms with Crippen LogP contribution in [0.3, 0.4) is 0 Å². The van der Waals surface area contributed by atoms with Crippen LogP contribution in [0.1, 0.15) is 119 Å². The minimum Gasteiger partial charge on any atom is -0.320 e. The van der Waals surface area contributed by atoms with Gasteiger partial charge in [-0.05, 0) is 130 Å². The lowest BCUT2D eigenvalue weighted by Crippen LogP contribution is -2.50. The minimum absolute atomic E-state index is 0.489. The third-order valence-corrected chi connectivity index (χ3v) is 13.3. The molecular weight excluding hydrogens is 456 g/mol. The summed E-state index contributed by atoms with van der Waals surface area (Å²) in [6.07, 6.45) is 19.8. The van der Waals surface area contributed by atoms with Gasteiger partial charge >= 0.3 is 0 Å². The average molecular weight is 517 g/mol. The summed E-state index contributed by atoms with van der Waals surface area (Å²) < 4.78 is 3.68. The monoisotopic (exact) mass is 516 g/mol. The van der Waals surface area contributed by atoms with Crippen molar-refractivity contribution in [3.05, 3.63) is 11.6 Å². The van der Waals surface area contributed by atoms with Crippen molar-refractivity contribution in [2.24, 2.45) is 52.3 Å². The number of nitrogens with one attached hydrogen (secondary N) is 2. The standard InChI is InChI=1S/C33H60N2S/c1-8-25(23(2)3)11-10-24(4)29-14-15-30-28-13-12-26-22-27(36-35-21-9-20-34-7)16-18-32(26,5)31(28)17-19-33(29,30)6/h12,23-25,27-31,34-35H,8-11,13-22H2,1-7H3. The molecule has 0 aromatic rings. The van der Waals surface area contributed by atoms with Crippen molar-refractivity contribution in [1.29, 1.82) is 0 Å². The van der Waals surface area contributed by atoms with Crippen molar-refractivity contribution in [3.8, 4) is 0 Å². The van der Waals surface area contributed by atoms with Crippen LogP contribution in [0.2, 0.25) is 0 Å².